The van der Waals surface area contributed by atoms with Gasteiger partial charge in [-0.15, -0.1) is 0 Å². The Bertz CT molecular complexity index is 414. The van der Waals surface area contributed by atoms with Crippen molar-refractivity contribution in [1.29, 1.82) is 0 Å². The summed E-state index contributed by atoms with van der Waals surface area (Å²) in [6.07, 6.45) is 4.32. The largest absolute Gasteiger partial charge is 0.356 e. The third-order valence-electron chi connectivity index (χ3n) is 3.77. The Morgan fingerprint density at radius 2 is 2.11 bits per heavy atom. The van der Waals surface area contributed by atoms with Crippen LogP contribution in [-0.4, -0.2) is 50.2 Å². The molecule has 2 heterocycles. The maximum absolute atomic E-state index is 4.62. The molecule has 1 aromatic heterocycles. The molecule has 0 amide bonds. The number of nitrogens with one attached hydrogen (secondary N) is 1. The number of pyridine rings is 1. The lowest BCUT2D eigenvalue weighted by Gasteiger charge is -2.36. The molecular formula is C14H23BrN4. The molecule has 1 aromatic rings. The van der Waals surface area contributed by atoms with E-state index in [0.717, 1.165) is 29.9 Å². The average Bonchev–Trinajstić information content (AvgIpc) is 2.39. The first-order valence-electron chi connectivity index (χ1n) is 6.82. The number of rotatable bonds is 4. The fourth-order valence-electron chi connectivity index (χ4n) is 2.67. The zero-order chi connectivity index (χ0) is 13.8. The summed E-state index contributed by atoms with van der Waals surface area (Å²) < 4.78 is 1.05. The Balaban J connectivity index is 2.10. The van der Waals surface area contributed by atoms with E-state index < -0.39 is 0 Å². The van der Waals surface area contributed by atoms with Crippen LogP contribution in [-0.2, 0) is 6.54 Å². The van der Waals surface area contributed by atoms with Crippen LogP contribution in [0.5, 0.6) is 0 Å². The maximum Gasteiger partial charge on any atom is 0.133 e. The number of aromatic nitrogens is 1. The number of nitrogens with zero attached hydrogens (tertiary/aromatic N) is 3. The molecule has 0 aliphatic carbocycles. The first-order valence-corrected chi connectivity index (χ1v) is 7.61. The molecule has 0 radical (unpaired) electrons. The predicted molar refractivity (Wildman–Crippen MR) is 83.6 cm³/mol. The zero-order valence-corrected chi connectivity index (χ0v) is 13.6. The Labute approximate surface area is 124 Å². The molecule has 1 aliphatic rings. The molecule has 2 rings (SSSR count). The van der Waals surface area contributed by atoms with Crippen molar-refractivity contribution in [3.05, 3.63) is 22.3 Å². The van der Waals surface area contributed by atoms with Crippen molar-refractivity contribution >= 4 is 21.7 Å². The van der Waals surface area contributed by atoms with E-state index in [9.17, 15) is 0 Å². The van der Waals surface area contributed by atoms with E-state index in [1.807, 2.05) is 13.2 Å². The summed E-state index contributed by atoms with van der Waals surface area (Å²) in [5.41, 5.74) is 1.26. The molecule has 0 aromatic carbocycles. The van der Waals surface area contributed by atoms with E-state index in [1.54, 1.807) is 0 Å². The van der Waals surface area contributed by atoms with Gasteiger partial charge >= 0.3 is 0 Å². The van der Waals surface area contributed by atoms with Gasteiger partial charge < -0.3 is 15.1 Å². The van der Waals surface area contributed by atoms with Gasteiger partial charge in [0.1, 0.15) is 5.82 Å². The highest BCUT2D eigenvalue weighted by Crippen LogP contribution is 2.25. The molecule has 1 saturated heterocycles. The zero-order valence-electron chi connectivity index (χ0n) is 12.0. The molecule has 0 bridgehead atoms. The van der Waals surface area contributed by atoms with E-state index in [4.69, 9.17) is 0 Å². The minimum absolute atomic E-state index is 0.708. The van der Waals surface area contributed by atoms with Crippen molar-refractivity contribution in [2.24, 2.45) is 0 Å². The van der Waals surface area contributed by atoms with Gasteiger partial charge in [0.25, 0.3) is 0 Å². The van der Waals surface area contributed by atoms with Crippen LogP contribution in [0.2, 0.25) is 0 Å². The monoisotopic (exact) mass is 326 g/mol. The third kappa shape index (κ3) is 3.68. The number of anilines is 1. The quantitative estimate of drug-likeness (QED) is 0.918. The van der Waals surface area contributed by atoms with Gasteiger partial charge in [0, 0.05) is 41.9 Å². The topological polar surface area (TPSA) is 31.4 Å². The third-order valence-corrected chi connectivity index (χ3v) is 4.20. The molecule has 1 aliphatic heterocycles. The fourth-order valence-corrected chi connectivity index (χ4v) is 3.05. The van der Waals surface area contributed by atoms with E-state index in [1.165, 1.54) is 18.4 Å². The van der Waals surface area contributed by atoms with E-state index >= 15 is 0 Å². The Morgan fingerprint density at radius 1 is 1.42 bits per heavy atom. The van der Waals surface area contributed by atoms with E-state index in [-0.39, 0.29) is 0 Å². The van der Waals surface area contributed by atoms with E-state index in [0.29, 0.717) is 6.04 Å². The molecule has 1 fully saturated rings. The summed E-state index contributed by atoms with van der Waals surface area (Å²) in [5.74, 6) is 1.13. The van der Waals surface area contributed by atoms with Crippen molar-refractivity contribution in [3.63, 3.8) is 0 Å². The standard InChI is InChI=1S/C14H23BrN4/c1-16-9-11-8-12(15)10-17-14(11)19-6-4-13(5-7-19)18(2)3/h8,10,13,16H,4-7,9H2,1-3H3. The minimum Gasteiger partial charge on any atom is -0.356 e. The predicted octanol–water partition coefficient (Wildman–Crippen LogP) is 2.09. The number of hydrogen-bond donors (Lipinski definition) is 1. The lowest BCUT2D eigenvalue weighted by Crippen LogP contribution is -2.42. The van der Waals surface area contributed by atoms with Crippen LogP contribution >= 0.6 is 15.9 Å². The van der Waals surface area contributed by atoms with Crippen LogP contribution in [0, 0.1) is 0 Å². The second kappa shape index (κ2) is 6.68. The van der Waals surface area contributed by atoms with Crippen molar-refractivity contribution in [3.8, 4) is 0 Å². The number of hydrogen-bond acceptors (Lipinski definition) is 4. The average molecular weight is 327 g/mol. The summed E-state index contributed by atoms with van der Waals surface area (Å²) in [6.45, 7) is 3.04. The summed E-state index contributed by atoms with van der Waals surface area (Å²) in [6, 6.07) is 2.87. The summed E-state index contributed by atoms with van der Waals surface area (Å²) >= 11 is 3.50. The van der Waals surface area contributed by atoms with Crippen LogP contribution in [0.3, 0.4) is 0 Å². The molecule has 4 nitrogen and oxygen atoms in total. The molecule has 5 heteroatoms. The van der Waals surface area contributed by atoms with Gasteiger partial charge in [0.2, 0.25) is 0 Å². The second-order valence-electron chi connectivity index (χ2n) is 5.35. The summed E-state index contributed by atoms with van der Waals surface area (Å²) in [5, 5.41) is 3.22. The van der Waals surface area contributed by atoms with Crippen LogP contribution < -0.4 is 10.2 Å². The number of piperidine rings is 1. The van der Waals surface area contributed by atoms with Gasteiger partial charge in [-0.3, -0.25) is 0 Å². The molecule has 0 spiro atoms. The molecule has 1 N–H and O–H groups in total. The minimum atomic E-state index is 0.708. The van der Waals surface area contributed by atoms with Gasteiger partial charge in [0.15, 0.2) is 0 Å². The van der Waals surface area contributed by atoms with Gasteiger partial charge in [-0.25, -0.2) is 4.98 Å². The summed E-state index contributed by atoms with van der Waals surface area (Å²) in [4.78, 5) is 9.37. The van der Waals surface area contributed by atoms with Crippen molar-refractivity contribution in [2.45, 2.75) is 25.4 Å². The number of halogens is 1. The second-order valence-corrected chi connectivity index (χ2v) is 6.26. The maximum atomic E-state index is 4.62. The lowest BCUT2D eigenvalue weighted by atomic mass is 10.0. The molecular weight excluding hydrogens is 304 g/mol. The Morgan fingerprint density at radius 3 is 2.68 bits per heavy atom. The summed E-state index contributed by atoms with van der Waals surface area (Å²) in [7, 11) is 6.32. The van der Waals surface area contributed by atoms with Gasteiger partial charge in [-0.1, -0.05) is 0 Å². The highest BCUT2D eigenvalue weighted by Gasteiger charge is 2.22. The Kier molecular flexibility index (Phi) is 5.19. The van der Waals surface area contributed by atoms with Gasteiger partial charge in [0.05, 0.1) is 0 Å². The normalized spacial score (nSPS) is 17.2. The van der Waals surface area contributed by atoms with Crippen molar-refractivity contribution < 1.29 is 0 Å². The van der Waals surface area contributed by atoms with Crippen LogP contribution in [0.15, 0.2) is 16.7 Å². The van der Waals surface area contributed by atoms with Gasteiger partial charge in [-0.2, -0.15) is 0 Å². The van der Waals surface area contributed by atoms with Gasteiger partial charge in [-0.05, 0) is 56.0 Å². The smallest absolute Gasteiger partial charge is 0.133 e. The van der Waals surface area contributed by atoms with Crippen LogP contribution in [0.25, 0.3) is 0 Å². The van der Waals surface area contributed by atoms with Crippen LogP contribution in [0.4, 0.5) is 5.82 Å². The lowest BCUT2D eigenvalue weighted by molar-refractivity contribution is 0.249. The highest BCUT2D eigenvalue weighted by atomic mass is 79.9. The molecule has 0 saturated carbocycles. The SMILES string of the molecule is CNCc1cc(Br)cnc1N1CCC(N(C)C)CC1. The molecule has 106 valence electrons. The van der Waals surface area contributed by atoms with Crippen molar-refractivity contribution in [1.82, 2.24) is 15.2 Å². The van der Waals surface area contributed by atoms with Crippen LogP contribution in [0.1, 0.15) is 18.4 Å². The van der Waals surface area contributed by atoms with Crippen molar-refractivity contribution in [2.75, 3.05) is 39.1 Å². The highest BCUT2D eigenvalue weighted by molar-refractivity contribution is 9.10. The van der Waals surface area contributed by atoms with E-state index in [2.05, 4.69) is 56.2 Å². The fraction of sp³-hybridized carbons (Fsp3) is 0.643. The molecule has 0 atom stereocenters. The molecule has 0 unspecified atom stereocenters. The first-order chi connectivity index (χ1) is 9.11. The Hall–Kier alpha value is -0.650. The first kappa shape index (κ1) is 14.8. The molecule has 19 heavy (non-hydrogen) atoms.